The van der Waals surface area contributed by atoms with Crippen molar-refractivity contribution in [3.05, 3.63) is 62.8 Å². The van der Waals surface area contributed by atoms with Crippen molar-refractivity contribution in [3.8, 4) is 0 Å². The van der Waals surface area contributed by atoms with E-state index in [0.717, 1.165) is 28.6 Å². The van der Waals surface area contributed by atoms with Gasteiger partial charge in [0.15, 0.2) is 0 Å². The highest BCUT2D eigenvalue weighted by Gasteiger charge is 2.31. The van der Waals surface area contributed by atoms with Crippen LogP contribution < -0.4 is 0 Å². The normalized spacial score (nSPS) is 19.2. The Balaban J connectivity index is 1.95. The van der Waals surface area contributed by atoms with Crippen LogP contribution in [-0.2, 0) is 6.42 Å². The zero-order chi connectivity index (χ0) is 13.4. The van der Waals surface area contributed by atoms with Crippen molar-refractivity contribution in [1.82, 2.24) is 4.98 Å². The van der Waals surface area contributed by atoms with Gasteiger partial charge in [0.25, 0.3) is 0 Å². The summed E-state index contributed by atoms with van der Waals surface area (Å²) >= 11 is 9.60. The van der Waals surface area contributed by atoms with Gasteiger partial charge in [-0.05, 0) is 42.2 Å². The summed E-state index contributed by atoms with van der Waals surface area (Å²) in [6.07, 6.45) is 3.07. The van der Waals surface area contributed by atoms with E-state index in [-0.39, 0.29) is 5.92 Å². The molecule has 19 heavy (non-hydrogen) atoms. The fourth-order valence-electron chi connectivity index (χ4n) is 2.71. The van der Waals surface area contributed by atoms with Crippen molar-refractivity contribution in [1.29, 1.82) is 0 Å². The van der Waals surface area contributed by atoms with E-state index in [2.05, 4.69) is 27.0 Å². The molecule has 1 heterocycles. The lowest BCUT2D eigenvalue weighted by Gasteiger charge is -2.20. The minimum Gasteiger partial charge on any atom is -0.388 e. The Labute approximate surface area is 125 Å². The molecule has 0 radical (unpaired) electrons. The number of aryl methyl sites for hydroxylation is 1. The third kappa shape index (κ3) is 2.42. The molecule has 0 saturated heterocycles. The van der Waals surface area contributed by atoms with E-state index in [1.165, 1.54) is 5.56 Å². The van der Waals surface area contributed by atoms with Crippen LogP contribution in [0.25, 0.3) is 0 Å². The number of halogens is 2. The predicted molar refractivity (Wildman–Crippen MR) is 79.4 cm³/mol. The second-order valence-electron chi connectivity index (χ2n) is 4.80. The van der Waals surface area contributed by atoms with Gasteiger partial charge >= 0.3 is 0 Å². The first-order valence-electron chi connectivity index (χ1n) is 6.23. The maximum Gasteiger partial charge on any atom is 0.0888 e. The number of hydrogen-bond acceptors (Lipinski definition) is 2. The lowest BCUT2D eigenvalue weighted by molar-refractivity contribution is 0.143. The molecule has 1 aromatic carbocycles. The average molecular weight is 339 g/mol. The van der Waals surface area contributed by atoms with Gasteiger partial charge in [-0.1, -0.05) is 39.7 Å². The summed E-state index contributed by atoms with van der Waals surface area (Å²) in [5, 5.41) is 11.2. The van der Waals surface area contributed by atoms with E-state index in [9.17, 15) is 5.11 Å². The first-order chi connectivity index (χ1) is 9.16. The van der Waals surface area contributed by atoms with Gasteiger partial charge in [-0.25, -0.2) is 0 Å². The summed E-state index contributed by atoms with van der Waals surface area (Å²) in [6.45, 7) is 0. The molecular formula is C15H13BrClNO. The zero-order valence-corrected chi connectivity index (χ0v) is 12.5. The number of hydrogen-bond donors (Lipinski definition) is 1. The van der Waals surface area contributed by atoms with Gasteiger partial charge in [-0.3, -0.25) is 4.98 Å². The molecule has 98 valence electrons. The number of benzene rings is 1. The second-order valence-corrected chi connectivity index (χ2v) is 6.13. The Hall–Kier alpha value is -0.900. The molecule has 3 rings (SSSR count). The van der Waals surface area contributed by atoms with Crippen LogP contribution in [0, 0.1) is 0 Å². The summed E-state index contributed by atoms with van der Waals surface area (Å²) in [5.41, 5.74) is 3.02. The molecule has 2 nitrogen and oxygen atoms in total. The number of nitrogens with zero attached hydrogens (tertiary/aromatic N) is 1. The summed E-state index contributed by atoms with van der Waals surface area (Å²) in [7, 11) is 0. The quantitative estimate of drug-likeness (QED) is 0.887. The lowest BCUT2D eigenvalue weighted by Crippen LogP contribution is -2.10. The fourth-order valence-corrected chi connectivity index (χ4v) is 3.49. The van der Waals surface area contributed by atoms with Crippen LogP contribution in [0.2, 0.25) is 5.02 Å². The van der Waals surface area contributed by atoms with Crippen LogP contribution in [0.1, 0.15) is 35.3 Å². The summed E-state index contributed by atoms with van der Waals surface area (Å²) < 4.78 is 0.915. The van der Waals surface area contributed by atoms with E-state index in [1.807, 2.05) is 24.3 Å². The molecule has 0 saturated carbocycles. The standard InChI is InChI=1S/C15H13BrClNO/c16-10-4-6-11(13(17)8-10)15(19)12-5-3-9-2-1-7-18-14(9)12/h1-2,4,6-8,12,15,19H,3,5H2. The maximum absolute atomic E-state index is 10.6. The Morgan fingerprint density at radius 3 is 3.00 bits per heavy atom. The number of pyridine rings is 1. The number of aromatic nitrogens is 1. The Morgan fingerprint density at radius 2 is 2.21 bits per heavy atom. The molecule has 0 aliphatic heterocycles. The fraction of sp³-hybridized carbons (Fsp3) is 0.267. The smallest absolute Gasteiger partial charge is 0.0888 e. The molecule has 0 bridgehead atoms. The van der Waals surface area contributed by atoms with Crippen molar-refractivity contribution < 1.29 is 5.11 Å². The number of aliphatic hydroxyl groups is 1. The van der Waals surface area contributed by atoms with Gasteiger partial charge in [0.1, 0.15) is 0 Å². The summed E-state index contributed by atoms with van der Waals surface area (Å²) in [6, 6.07) is 9.61. The number of rotatable bonds is 2. The van der Waals surface area contributed by atoms with Crippen LogP contribution in [0.5, 0.6) is 0 Å². The van der Waals surface area contributed by atoms with Crippen LogP contribution in [-0.4, -0.2) is 10.1 Å². The Bertz CT molecular complexity index is 617. The van der Waals surface area contributed by atoms with Gasteiger partial charge in [0.2, 0.25) is 0 Å². The molecule has 1 aliphatic rings. The molecular weight excluding hydrogens is 326 g/mol. The molecule has 2 aromatic rings. The first-order valence-corrected chi connectivity index (χ1v) is 7.40. The number of fused-ring (bicyclic) bond motifs is 1. The predicted octanol–water partition coefficient (Wildman–Crippen LogP) is 4.26. The molecule has 1 aliphatic carbocycles. The Morgan fingerprint density at radius 1 is 1.37 bits per heavy atom. The molecule has 1 N–H and O–H groups in total. The number of aliphatic hydroxyl groups excluding tert-OH is 1. The highest BCUT2D eigenvalue weighted by Crippen LogP contribution is 2.42. The molecule has 0 spiro atoms. The summed E-state index contributed by atoms with van der Waals surface area (Å²) in [4.78, 5) is 4.42. The molecule has 4 heteroatoms. The molecule has 0 amide bonds. The topological polar surface area (TPSA) is 33.1 Å². The third-order valence-corrected chi connectivity index (χ3v) is 4.48. The molecule has 1 aromatic heterocycles. The third-order valence-electron chi connectivity index (χ3n) is 3.66. The first kappa shape index (κ1) is 13.1. The van der Waals surface area contributed by atoms with Crippen LogP contribution in [0.3, 0.4) is 0 Å². The van der Waals surface area contributed by atoms with Crippen molar-refractivity contribution in [2.45, 2.75) is 24.9 Å². The second kappa shape index (κ2) is 5.23. The van der Waals surface area contributed by atoms with Gasteiger partial charge < -0.3 is 5.11 Å². The van der Waals surface area contributed by atoms with E-state index >= 15 is 0 Å². The van der Waals surface area contributed by atoms with Crippen molar-refractivity contribution in [2.75, 3.05) is 0 Å². The van der Waals surface area contributed by atoms with Gasteiger partial charge in [0.05, 0.1) is 6.10 Å². The zero-order valence-electron chi connectivity index (χ0n) is 10.2. The van der Waals surface area contributed by atoms with Gasteiger partial charge in [-0.2, -0.15) is 0 Å². The van der Waals surface area contributed by atoms with Crippen molar-refractivity contribution in [3.63, 3.8) is 0 Å². The monoisotopic (exact) mass is 337 g/mol. The minimum absolute atomic E-state index is 0.0369. The minimum atomic E-state index is -0.600. The average Bonchev–Trinajstić information content (AvgIpc) is 2.82. The van der Waals surface area contributed by atoms with Gasteiger partial charge in [0, 0.05) is 27.3 Å². The van der Waals surface area contributed by atoms with Crippen LogP contribution >= 0.6 is 27.5 Å². The van der Waals surface area contributed by atoms with Crippen LogP contribution in [0.4, 0.5) is 0 Å². The van der Waals surface area contributed by atoms with E-state index in [4.69, 9.17) is 11.6 Å². The van der Waals surface area contributed by atoms with Crippen molar-refractivity contribution >= 4 is 27.5 Å². The van der Waals surface area contributed by atoms with E-state index in [0.29, 0.717) is 5.02 Å². The molecule has 2 atom stereocenters. The van der Waals surface area contributed by atoms with E-state index < -0.39 is 6.10 Å². The Kier molecular flexibility index (Phi) is 3.61. The van der Waals surface area contributed by atoms with E-state index in [1.54, 1.807) is 6.20 Å². The van der Waals surface area contributed by atoms with Crippen molar-refractivity contribution in [2.24, 2.45) is 0 Å². The summed E-state index contributed by atoms with van der Waals surface area (Å²) in [5.74, 6) is 0.0369. The molecule has 2 unspecified atom stereocenters. The maximum atomic E-state index is 10.6. The van der Waals surface area contributed by atoms with Crippen LogP contribution in [0.15, 0.2) is 41.0 Å². The SMILES string of the molecule is OC(c1ccc(Br)cc1Cl)C1CCc2cccnc21. The lowest BCUT2D eigenvalue weighted by atomic mass is 9.93. The largest absolute Gasteiger partial charge is 0.388 e. The van der Waals surface area contributed by atoms with Gasteiger partial charge in [-0.15, -0.1) is 0 Å². The highest BCUT2D eigenvalue weighted by molar-refractivity contribution is 9.10. The highest BCUT2D eigenvalue weighted by atomic mass is 79.9. The molecule has 0 fully saturated rings.